The fraction of sp³-hybridized carbons (Fsp3) is 0.500. The largest absolute Gasteiger partial charge is 0.0622 e. The summed E-state index contributed by atoms with van der Waals surface area (Å²) in [6, 6.07) is 8.88. The molecular formula is C12H16. The van der Waals surface area contributed by atoms with Crippen LogP contribution in [0.1, 0.15) is 37.3 Å². The quantitative estimate of drug-likeness (QED) is 0.546. The maximum Gasteiger partial charge on any atom is -0.0185 e. The average molecular weight is 160 g/mol. The molecule has 1 aromatic rings. The van der Waals surface area contributed by atoms with E-state index in [1.54, 1.807) is 11.1 Å². The number of fused-ring (bicyclic) bond motifs is 1. The van der Waals surface area contributed by atoms with Crippen LogP contribution in [0.3, 0.4) is 0 Å². The average Bonchev–Trinajstić information content (AvgIpc) is 2.04. The molecule has 12 heavy (non-hydrogen) atoms. The molecular weight excluding hydrogens is 144 g/mol. The van der Waals surface area contributed by atoms with Gasteiger partial charge in [0.25, 0.3) is 0 Å². The minimum Gasteiger partial charge on any atom is -0.0622 e. The molecule has 2 unspecified atom stereocenters. The molecule has 1 aliphatic rings. The lowest BCUT2D eigenvalue weighted by Crippen LogP contribution is -2.14. The fourth-order valence-electron chi connectivity index (χ4n) is 2.39. The molecule has 0 nitrogen and oxygen atoms in total. The summed E-state index contributed by atoms with van der Waals surface area (Å²) in [5, 5.41) is 0. The predicted octanol–water partition coefficient (Wildman–Crippen LogP) is 3.37. The number of hydrogen-bond acceptors (Lipinski definition) is 0. The summed E-state index contributed by atoms with van der Waals surface area (Å²) in [5.41, 5.74) is 3.15. The van der Waals surface area contributed by atoms with Crippen molar-refractivity contribution in [3.8, 4) is 0 Å². The van der Waals surface area contributed by atoms with Gasteiger partial charge in [-0.05, 0) is 35.8 Å². The molecule has 0 fully saturated rings. The van der Waals surface area contributed by atoms with Gasteiger partial charge in [0.1, 0.15) is 0 Å². The molecule has 2 rings (SSSR count). The van der Waals surface area contributed by atoms with Crippen LogP contribution in [0.4, 0.5) is 0 Å². The van der Waals surface area contributed by atoms with Crippen LogP contribution in [0.2, 0.25) is 0 Å². The van der Waals surface area contributed by atoms with Crippen LogP contribution < -0.4 is 0 Å². The Bertz CT molecular complexity index is 275. The minimum absolute atomic E-state index is 0.768. The van der Waals surface area contributed by atoms with Gasteiger partial charge >= 0.3 is 0 Å². The molecule has 0 aromatic heterocycles. The smallest absolute Gasteiger partial charge is 0.0185 e. The standard InChI is InChI=1S/C12H16/c1-9-7-10(2)12-6-4-3-5-11(12)8-9/h3-6,9-10H,7-8H2,1-2H3. The first kappa shape index (κ1) is 7.85. The Morgan fingerprint density at radius 3 is 2.75 bits per heavy atom. The third kappa shape index (κ3) is 1.26. The molecule has 0 aliphatic heterocycles. The molecule has 0 saturated carbocycles. The molecule has 64 valence electrons. The van der Waals surface area contributed by atoms with Crippen molar-refractivity contribution in [1.29, 1.82) is 0 Å². The van der Waals surface area contributed by atoms with Crippen molar-refractivity contribution in [2.75, 3.05) is 0 Å². The summed E-state index contributed by atoms with van der Waals surface area (Å²) in [6.07, 6.45) is 2.64. The van der Waals surface area contributed by atoms with Gasteiger partial charge < -0.3 is 0 Å². The van der Waals surface area contributed by atoms with Gasteiger partial charge in [0.15, 0.2) is 0 Å². The van der Waals surface area contributed by atoms with Crippen molar-refractivity contribution in [3.05, 3.63) is 35.4 Å². The summed E-state index contributed by atoms with van der Waals surface area (Å²) >= 11 is 0. The van der Waals surface area contributed by atoms with Gasteiger partial charge in [-0.2, -0.15) is 0 Å². The van der Waals surface area contributed by atoms with E-state index >= 15 is 0 Å². The van der Waals surface area contributed by atoms with Crippen molar-refractivity contribution >= 4 is 0 Å². The Labute approximate surface area is 74.6 Å². The zero-order valence-corrected chi connectivity index (χ0v) is 7.88. The highest BCUT2D eigenvalue weighted by atomic mass is 14.2. The Hall–Kier alpha value is -0.780. The highest BCUT2D eigenvalue weighted by Gasteiger charge is 2.19. The number of rotatable bonds is 0. The molecule has 1 aliphatic carbocycles. The van der Waals surface area contributed by atoms with Gasteiger partial charge in [0.2, 0.25) is 0 Å². The maximum absolute atomic E-state index is 2.35. The number of hydrogen-bond donors (Lipinski definition) is 0. The monoisotopic (exact) mass is 160 g/mol. The van der Waals surface area contributed by atoms with E-state index in [2.05, 4.69) is 38.1 Å². The van der Waals surface area contributed by atoms with Crippen LogP contribution in [-0.2, 0) is 6.42 Å². The van der Waals surface area contributed by atoms with Crippen LogP contribution in [0.25, 0.3) is 0 Å². The van der Waals surface area contributed by atoms with Crippen molar-refractivity contribution in [3.63, 3.8) is 0 Å². The van der Waals surface area contributed by atoms with Crippen molar-refractivity contribution in [2.24, 2.45) is 5.92 Å². The van der Waals surface area contributed by atoms with Gasteiger partial charge in [0, 0.05) is 0 Å². The molecule has 2 atom stereocenters. The zero-order valence-electron chi connectivity index (χ0n) is 7.88. The van der Waals surface area contributed by atoms with Gasteiger partial charge in [-0.3, -0.25) is 0 Å². The summed E-state index contributed by atoms with van der Waals surface area (Å²) in [5.74, 6) is 1.64. The van der Waals surface area contributed by atoms with E-state index in [0.29, 0.717) is 0 Å². The highest BCUT2D eigenvalue weighted by Crippen LogP contribution is 2.33. The topological polar surface area (TPSA) is 0 Å². The second kappa shape index (κ2) is 2.93. The van der Waals surface area contributed by atoms with Crippen LogP contribution in [-0.4, -0.2) is 0 Å². The van der Waals surface area contributed by atoms with Crippen molar-refractivity contribution in [2.45, 2.75) is 32.6 Å². The van der Waals surface area contributed by atoms with E-state index in [1.165, 1.54) is 12.8 Å². The second-order valence-electron chi connectivity index (χ2n) is 4.14. The number of benzene rings is 1. The summed E-state index contributed by atoms with van der Waals surface area (Å²) in [6.45, 7) is 4.70. The molecule has 0 heterocycles. The van der Waals surface area contributed by atoms with Crippen molar-refractivity contribution in [1.82, 2.24) is 0 Å². The molecule has 0 N–H and O–H groups in total. The third-order valence-electron chi connectivity index (χ3n) is 2.91. The lowest BCUT2D eigenvalue weighted by molar-refractivity contribution is 0.450. The third-order valence-corrected chi connectivity index (χ3v) is 2.91. The highest BCUT2D eigenvalue weighted by molar-refractivity contribution is 5.32. The zero-order chi connectivity index (χ0) is 8.55. The normalized spacial score (nSPS) is 28.2. The van der Waals surface area contributed by atoms with Gasteiger partial charge in [0.05, 0.1) is 0 Å². The molecule has 0 bridgehead atoms. The lowest BCUT2D eigenvalue weighted by atomic mass is 9.79. The van der Waals surface area contributed by atoms with Crippen molar-refractivity contribution < 1.29 is 0 Å². The Kier molecular flexibility index (Phi) is 1.92. The van der Waals surface area contributed by atoms with E-state index in [1.807, 2.05) is 0 Å². The van der Waals surface area contributed by atoms with E-state index in [4.69, 9.17) is 0 Å². The Morgan fingerprint density at radius 2 is 1.92 bits per heavy atom. The SMILES string of the molecule is CC1Cc2ccccc2C(C)C1. The van der Waals surface area contributed by atoms with E-state index in [9.17, 15) is 0 Å². The minimum atomic E-state index is 0.768. The Balaban J connectivity index is 2.40. The van der Waals surface area contributed by atoms with Gasteiger partial charge in [-0.15, -0.1) is 0 Å². The van der Waals surface area contributed by atoms with E-state index < -0.39 is 0 Å². The molecule has 0 spiro atoms. The summed E-state index contributed by atoms with van der Waals surface area (Å²) < 4.78 is 0. The van der Waals surface area contributed by atoms with Gasteiger partial charge in [-0.1, -0.05) is 38.1 Å². The predicted molar refractivity (Wildman–Crippen MR) is 52.3 cm³/mol. The first-order chi connectivity index (χ1) is 5.77. The van der Waals surface area contributed by atoms with Crippen LogP contribution in [0, 0.1) is 5.92 Å². The lowest BCUT2D eigenvalue weighted by Gasteiger charge is -2.26. The summed E-state index contributed by atoms with van der Waals surface area (Å²) in [7, 11) is 0. The fourth-order valence-corrected chi connectivity index (χ4v) is 2.39. The van der Waals surface area contributed by atoms with Crippen LogP contribution in [0.5, 0.6) is 0 Å². The molecule has 0 amide bonds. The van der Waals surface area contributed by atoms with Gasteiger partial charge in [-0.25, -0.2) is 0 Å². The second-order valence-corrected chi connectivity index (χ2v) is 4.14. The maximum atomic E-state index is 2.35. The molecule has 0 saturated heterocycles. The van der Waals surface area contributed by atoms with Crippen LogP contribution >= 0.6 is 0 Å². The van der Waals surface area contributed by atoms with E-state index in [-0.39, 0.29) is 0 Å². The molecule has 1 aromatic carbocycles. The first-order valence-electron chi connectivity index (χ1n) is 4.85. The summed E-state index contributed by atoms with van der Waals surface area (Å²) in [4.78, 5) is 0. The van der Waals surface area contributed by atoms with Crippen LogP contribution in [0.15, 0.2) is 24.3 Å². The first-order valence-corrected chi connectivity index (χ1v) is 4.85. The molecule has 0 heteroatoms. The Morgan fingerprint density at radius 1 is 1.17 bits per heavy atom. The molecule has 0 radical (unpaired) electrons. The van der Waals surface area contributed by atoms with E-state index in [0.717, 1.165) is 11.8 Å².